The maximum absolute atomic E-state index is 12.2. The molecule has 0 atom stereocenters. The van der Waals surface area contributed by atoms with Gasteiger partial charge in [0, 0.05) is 0 Å². The Morgan fingerprint density at radius 2 is 0.762 bits per heavy atom. The van der Waals surface area contributed by atoms with E-state index in [0.717, 1.165) is 0 Å². The van der Waals surface area contributed by atoms with Crippen molar-refractivity contribution in [2.45, 2.75) is 0 Å². The molecule has 0 aliphatic heterocycles. The predicted molar refractivity (Wildman–Crippen MR) is 69.2 cm³/mol. The third-order valence-corrected chi connectivity index (χ3v) is 7.18. The normalized spacial score (nSPS) is 17.5. The van der Waals surface area contributed by atoms with Gasteiger partial charge in [-0.3, -0.25) is 0 Å². The van der Waals surface area contributed by atoms with Gasteiger partial charge in [-0.1, -0.05) is 17.1 Å². The first-order valence-electron chi connectivity index (χ1n) is 4.97. The molecule has 0 aromatic heterocycles. The molecule has 0 fully saturated rings. The Bertz CT molecular complexity index is 414. The van der Waals surface area contributed by atoms with E-state index in [1.807, 2.05) is 0 Å². The number of hydrogen-bond donors (Lipinski definition) is 0. The van der Waals surface area contributed by atoms with Crippen LogP contribution in [0.25, 0.3) is 0 Å². The highest BCUT2D eigenvalue weighted by atomic mass is 28.5. The van der Waals surface area contributed by atoms with Crippen LogP contribution in [-0.4, -0.2) is 35.3 Å². The van der Waals surface area contributed by atoms with Gasteiger partial charge in [0.15, 0.2) is 0 Å². The Kier molecular flexibility index (Phi) is 6.53. The van der Waals surface area contributed by atoms with Gasteiger partial charge in [-0.15, -0.1) is 12.0 Å². The molecule has 0 nitrogen and oxygen atoms in total. The van der Waals surface area contributed by atoms with Crippen molar-refractivity contribution in [3.05, 3.63) is 34.2 Å². The van der Waals surface area contributed by atoms with E-state index >= 15 is 0 Å². The fourth-order valence-electron chi connectivity index (χ4n) is 1.01. The van der Waals surface area contributed by atoms with Crippen LogP contribution in [0.2, 0.25) is 0 Å². The first-order valence-corrected chi connectivity index (χ1v) is 12.3. The number of halogens is 9. The van der Waals surface area contributed by atoms with Gasteiger partial charge in [0.05, 0.1) is 0 Å². The fourth-order valence-corrected chi connectivity index (χ4v) is 7.21. The minimum absolute atomic E-state index is 0.270. The molecule has 0 aliphatic rings. The minimum Gasteiger partial charge on any atom is -0.234 e. The van der Waals surface area contributed by atoms with E-state index in [9.17, 15) is 37.0 Å². The summed E-state index contributed by atoms with van der Waals surface area (Å²) in [5.41, 5.74) is 1.58. The van der Waals surface area contributed by atoms with Crippen LogP contribution >= 0.6 is 0 Å². The Hall–Kier alpha value is -0.982. The molecule has 0 heterocycles. The van der Waals surface area contributed by atoms with Gasteiger partial charge in [0.1, 0.15) is 0 Å². The van der Waals surface area contributed by atoms with E-state index in [-0.39, 0.29) is 34.2 Å². The summed E-state index contributed by atoms with van der Waals surface area (Å²) in [5, 5.41) is 0. The molecule has 0 radical (unpaired) electrons. The zero-order chi connectivity index (χ0) is 16.9. The highest BCUT2D eigenvalue weighted by Crippen LogP contribution is 2.20. The molecule has 0 amide bonds. The van der Waals surface area contributed by atoms with E-state index in [1.165, 1.54) is 0 Å². The molecule has 0 unspecified atom stereocenters. The van der Waals surface area contributed by atoms with Crippen molar-refractivity contribution >= 4 is 35.3 Å². The molecule has 0 aromatic rings. The lowest BCUT2D eigenvalue weighted by Crippen LogP contribution is -2.30. The second-order valence-electron chi connectivity index (χ2n) is 3.70. The van der Waals surface area contributed by atoms with E-state index in [2.05, 4.69) is 0 Å². The maximum atomic E-state index is 12.2. The molecule has 13 heteroatoms. The third kappa shape index (κ3) is 10.4. The van der Waals surface area contributed by atoms with Crippen molar-refractivity contribution in [2.24, 2.45) is 0 Å². The lowest BCUT2D eigenvalue weighted by Gasteiger charge is -2.13. The summed E-state index contributed by atoms with van der Waals surface area (Å²) >= 11 is 0. The first-order chi connectivity index (χ1) is 9.18. The van der Waals surface area contributed by atoms with Gasteiger partial charge in [0.2, 0.25) is 8.07 Å². The summed E-state index contributed by atoms with van der Waals surface area (Å²) in [5.74, 6) is 0. The van der Waals surface area contributed by atoms with Crippen LogP contribution in [0.1, 0.15) is 0 Å². The van der Waals surface area contributed by atoms with E-state index in [1.54, 1.807) is 5.54 Å². The van der Waals surface area contributed by atoms with Gasteiger partial charge in [0.25, 0.3) is 0 Å². The lowest BCUT2D eigenvalue weighted by atomic mass is 11.2. The molecule has 21 heavy (non-hydrogen) atoms. The van der Waals surface area contributed by atoms with Crippen molar-refractivity contribution in [3.8, 4) is 12.0 Å². The largest absolute Gasteiger partial charge is 0.644 e. The van der Waals surface area contributed by atoms with Crippen LogP contribution in [0.5, 0.6) is 0 Å². The van der Waals surface area contributed by atoms with Crippen molar-refractivity contribution in [1.82, 2.24) is 0 Å². The van der Waals surface area contributed by atoms with E-state index in [4.69, 9.17) is 6.42 Å². The first kappa shape index (κ1) is 20.0. The second kappa shape index (κ2) is 6.85. The predicted octanol–water partition coefficient (Wildman–Crippen LogP) is 4.05. The maximum Gasteiger partial charge on any atom is 0.644 e. The fraction of sp³-hybridized carbons (Fsp3) is 0. The molecule has 118 valence electrons. The Labute approximate surface area is 119 Å². The average molecular weight is 386 g/mol. The van der Waals surface area contributed by atoms with E-state index in [0.29, 0.717) is 0 Å². The Balaban J connectivity index is 5.74. The molecule has 0 bridgehead atoms. The monoisotopic (exact) mass is 386 g/mol. The van der Waals surface area contributed by atoms with Crippen LogP contribution in [0, 0.1) is 12.0 Å². The summed E-state index contributed by atoms with van der Waals surface area (Å²) in [4.78, 5) is 0. The topological polar surface area (TPSA) is 0 Å². The Morgan fingerprint density at radius 3 is 0.905 bits per heavy atom. The molecule has 0 N–H and O–H groups in total. The average Bonchev–Trinajstić information content (AvgIpc) is 2.25. The summed E-state index contributed by atoms with van der Waals surface area (Å²) < 4.78 is 110. The number of rotatable bonds is 6. The summed E-state index contributed by atoms with van der Waals surface area (Å²) in [6.45, 7) is 0. The van der Waals surface area contributed by atoms with Gasteiger partial charge in [-0.2, -0.15) is 0 Å². The molecule has 0 spiro atoms. The minimum atomic E-state index is -6.28. The molecule has 0 aromatic carbocycles. The van der Waals surface area contributed by atoms with Gasteiger partial charge in [-0.05, 0) is 17.1 Å². The van der Waals surface area contributed by atoms with Crippen molar-refractivity contribution in [1.29, 1.82) is 0 Å². The highest BCUT2D eigenvalue weighted by Gasteiger charge is 2.39. The molecular formula is C8H7F9Si4. The lowest BCUT2D eigenvalue weighted by molar-refractivity contribution is 0.497. The van der Waals surface area contributed by atoms with Gasteiger partial charge < -0.3 is 0 Å². The van der Waals surface area contributed by atoms with Gasteiger partial charge >= 0.3 is 27.2 Å². The highest BCUT2D eigenvalue weighted by molar-refractivity contribution is 7.01. The van der Waals surface area contributed by atoms with Crippen molar-refractivity contribution in [3.63, 3.8) is 0 Å². The van der Waals surface area contributed by atoms with Crippen LogP contribution < -0.4 is 0 Å². The SMILES string of the molecule is C#C[Si](C=C[Si](F)(F)F)(C=C[Si](F)(F)F)C=C[Si](F)(F)F. The number of hydrogen-bond acceptors (Lipinski definition) is 0. The molecule has 0 aliphatic carbocycles. The molecule has 0 saturated carbocycles. The van der Waals surface area contributed by atoms with Crippen molar-refractivity contribution < 1.29 is 37.0 Å². The smallest absolute Gasteiger partial charge is 0.234 e. The second-order valence-corrected chi connectivity index (χ2v) is 11.1. The van der Waals surface area contributed by atoms with Crippen molar-refractivity contribution in [2.75, 3.05) is 0 Å². The summed E-state index contributed by atoms with van der Waals surface area (Å²) in [6.07, 6.45) is 4.90. The summed E-state index contributed by atoms with van der Waals surface area (Å²) in [6, 6.07) is 0. The Morgan fingerprint density at radius 1 is 0.524 bits per heavy atom. The number of terminal acetylenes is 1. The van der Waals surface area contributed by atoms with Crippen LogP contribution in [0.15, 0.2) is 34.2 Å². The van der Waals surface area contributed by atoms with Crippen LogP contribution in [0.3, 0.4) is 0 Å². The zero-order valence-corrected chi connectivity index (χ0v) is 13.9. The van der Waals surface area contributed by atoms with Crippen LogP contribution in [-0.2, 0) is 0 Å². The summed E-state index contributed by atoms with van der Waals surface area (Å²) in [7, 11) is -23.0. The van der Waals surface area contributed by atoms with Gasteiger partial charge in [-0.25, -0.2) is 37.0 Å². The molecule has 0 rings (SSSR count). The van der Waals surface area contributed by atoms with Crippen LogP contribution in [0.4, 0.5) is 37.0 Å². The van der Waals surface area contributed by atoms with E-state index < -0.39 is 35.3 Å². The molecular weight excluding hydrogens is 379 g/mol. The quantitative estimate of drug-likeness (QED) is 0.280. The molecule has 0 saturated heterocycles. The third-order valence-electron chi connectivity index (χ3n) is 1.89. The zero-order valence-electron chi connectivity index (χ0n) is 9.94. The standard InChI is InChI=1S/C8H7F9Si4/c1-2-18(3-6-19(9,10)11,4-7-20(12,13)14)5-8-21(15,16)17/h1,3-8H.